The van der Waals surface area contributed by atoms with Crippen molar-refractivity contribution in [2.24, 2.45) is 4.99 Å². The standard InChI is InChI=1S/C16H21N3O3S/c1-4-10(2)17-16-19-15(21)13(23-16)9-14(20)18-11-7-5-6-8-12(11)22-3/h5-8,10,13H,4,9H2,1-3H3,(H,18,20)(H,17,19,21)/t10-,13+/m1/s1. The molecule has 1 saturated heterocycles. The van der Waals surface area contributed by atoms with Crippen LogP contribution in [0.2, 0.25) is 0 Å². The molecule has 1 aliphatic heterocycles. The number of nitrogens with zero attached hydrogens (tertiary/aromatic N) is 1. The lowest BCUT2D eigenvalue weighted by Crippen LogP contribution is -2.28. The maximum atomic E-state index is 12.2. The maximum Gasteiger partial charge on any atom is 0.240 e. The summed E-state index contributed by atoms with van der Waals surface area (Å²) in [7, 11) is 1.54. The van der Waals surface area contributed by atoms with Gasteiger partial charge in [0.2, 0.25) is 11.8 Å². The third kappa shape index (κ3) is 4.72. The lowest BCUT2D eigenvalue weighted by atomic mass is 10.2. The van der Waals surface area contributed by atoms with Crippen molar-refractivity contribution in [3.63, 3.8) is 0 Å². The minimum Gasteiger partial charge on any atom is -0.495 e. The molecule has 1 aromatic carbocycles. The number of para-hydroxylation sites is 2. The van der Waals surface area contributed by atoms with Crippen LogP contribution in [-0.4, -0.2) is 35.4 Å². The molecular weight excluding hydrogens is 314 g/mol. The maximum absolute atomic E-state index is 12.2. The van der Waals surface area contributed by atoms with Crippen molar-refractivity contribution >= 4 is 34.4 Å². The van der Waals surface area contributed by atoms with E-state index in [-0.39, 0.29) is 24.3 Å². The first-order chi connectivity index (χ1) is 11.0. The fourth-order valence-electron chi connectivity index (χ4n) is 2.01. The van der Waals surface area contributed by atoms with E-state index in [1.165, 1.54) is 11.8 Å². The van der Waals surface area contributed by atoms with Crippen molar-refractivity contribution in [2.75, 3.05) is 12.4 Å². The molecule has 0 aliphatic carbocycles. The van der Waals surface area contributed by atoms with Gasteiger partial charge in [-0.15, -0.1) is 0 Å². The average molecular weight is 335 g/mol. The highest BCUT2D eigenvalue weighted by Crippen LogP contribution is 2.26. The number of amidine groups is 1. The summed E-state index contributed by atoms with van der Waals surface area (Å²) < 4.78 is 5.19. The van der Waals surface area contributed by atoms with Gasteiger partial charge in [-0.3, -0.25) is 14.6 Å². The lowest BCUT2D eigenvalue weighted by Gasteiger charge is -2.10. The number of hydrogen-bond acceptors (Lipinski definition) is 5. The molecule has 2 N–H and O–H groups in total. The number of aliphatic imine (C=N–C) groups is 1. The van der Waals surface area contributed by atoms with Crippen molar-refractivity contribution in [1.82, 2.24) is 5.32 Å². The Hall–Kier alpha value is -2.02. The Morgan fingerprint density at radius 3 is 2.91 bits per heavy atom. The van der Waals surface area contributed by atoms with E-state index in [0.29, 0.717) is 16.6 Å². The Bertz CT molecular complexity index is 618. The first kappa shape index (κ1) is 17.3. The molecular formula is C16H21N3O3S. The van der Waals surface area contributed by atoms with Gasteiger partial charge in [-0.05, 0) is 25.5 Å². The highest BCUT2D eigenvalue weighted by molar-refractivity contribution is 8.15. The van der Waals surface area contributed by atoms with E-state index >= 15 is 0 Å². The van der Waals surface area contributed by atoms with Gasteiger partial charge in [0.15, 0.2) is 5.17 Å². The molecule has 0 unspecified atom stereocenters. The zero-order valence-electron chi connectivity index (χ0n) is 13.5. The molecule has 124 valence electrons. The van der Waals surface area contributed by atoms with E-state index in [1.807, 2.05) is 26.0 Å². The molecule has 0 saturated carbocycles. The van der Waals surface area contributed by atoms with Crippen molar-refractivity contribution in [3.05, 3.63) is 24.3 Å². The van der Waals surface area contributed by atoms with Crippen molar-refractivity contribution < 1.29 is 14.3 Å². The second-order valence-corrected chi connectivity index (χ2v) is 6.43. The molecule has 1 aromatic rings. The molecule has 2 amide bonds. The second-order valence-electron chi connectivity index (χ2n) is 5.24. The minimum absolute atomic E-state index is 0.0913. The highest BCUT2D eigenvalue weighted by Gasteiger charge is 2.32. The van der Waals surface area contributed by atoms with Gasteiger partial charge in [-0.2, -0.15) is 0 Å². The Balaban J connectivity index is 1.95. The summed E-state index contributed by atoms with van der Waals surface area (Å²) >= 11 is 1.31. The quantitative estimate of drug-likeness (QED) is 0.837. The predicted octanol–water partition coefficient (Wildman–Crippen LogP) is 2.41. The van der Waals surface area contributed by atoms with Gasteiger partial charge in [0.25, 0.3) is 0 Å². The van der Waals surface area contributed by atoms with Crippen molar-refractivity contribution in [2.45, 2.75) is 38.0 Å². The van der Waals surface area contributed by atoms with Crippen molar-refractivity contribution in [3.8, 4) is 5.75 Å². The fourth-order valence-corrected chi connectivity index (χ4v) is 3.08. The summed E-state index contributed by atoms with van der Waals surface area (Å²) in [6.07, 6.45) is 0.993. The average Bonchev–Trinajstić information content (AvgIpc) is 2.86. The summed E-state index contributed by atoms with van der Waals surface area (Å²) in [6.45, 7) is 4.02. The van der Waals surface area contributed by atoms with Gasteiger partial charge >= 0.3 is 0 Å². The van der Waals surface area contributed by atoms with Crippen LogP contribution in [0.3, 0.4) is 0 Å². The fraction of sp³-hybridized carbons (Fsp3) is 0.438. The summed E-state index contributed by atoms with van der Waals surface area (Å²) in [6, 6.07) is 7.31. The van der Waals surface area contributed by atoms with Gasteiger partial charge in [0.1, 0.15) is 11.0 Å². The van der Waals surface area contributed by atoms with Crippen LogP contribution < -0.4 is 15.4 Å². The van der Waals surface area contributed by atoms with Crippen LogP contribution in [0.4, 0.5) is 5.69 Å². The number of benzene rings is 1. The van der Waals surface area contributed by atoms with E-state index < -0.39 is 5.25 Å². The Morgan fingerprint density at radius 2 is 2.22 bits per heavy atom. The number of amides is 2. The minimum atomic E-state index is -0.451. The molecule has 7 heteroatoms. The van der Waals surface area contributed by atoms with E-state index in [9.17, 15) is 9.59 Å². The van der Waals surface area contributed by atoms with Gasteiger partial charge in [0.05, 0.1) is 12.8 Å². The van der Waals surface area contributed by atoms with Crippen LogP contribution >= 0.6 is 11.8 Å². The lowest BCUT2D eigenvalue weighted by molar-refractivity contribution is -0.122. The highest BCUT2D eigenvalue weighted by atomic mass is 32.2. The van der Waals surface area contributed by atoms with Crippen LogP contribution in [0.1, 0.15) is 26.7 Å². The number of carbonyl (C=O) groups excluding carboxylic acids is 2. The Kier molecular flexibility index (Phi) is 6.04. The third-order valence-corrected chi connectivity index (χ3v) is 4.55. The number of anilines is 1. The monoisotopic (exact) mass is 335 g/mol. The van der Waals surface area contributed by atoms with E-state index in [4.69, 9.17) is 4.74 Å². The molecule has 0 bridgehead atoms. The van der Waals surface area contributed by atoms with Gasteiger partial charge in [0, 0.05) is 12.5 Å². The SMILES string of the molecule is CC[C@@H](C)N=C1NC(=O)[C@H](CC(=O)Nc2ccccc2OC)S1. The molecule has 1 heterocycles. The summed E-state index contributed by atoms with van der Waals surface area (Å²) in [4.78, 5) is 28.5. The normalized spacial score (nSPS) is 20.2. The summed E-state index contributed by atoms with van der Waals surface area (Å²) in [5.41, 5.74) is 0.594. The largest absolute Gasteiger partial charge is 0.495 e. The molecule has 0 radical (unpaired) electrons. The van der Waals surface area contributed by atoms with Crippen molar-refractivity contribution in [1.29, 1.82) is 0 Å². The zero-order valence-corrected chi connectivity index (χ0v) is 14.3. The van der Waals surface area contributed by atoms with E-state index in [0.717, 1.165) is 6.42 Å². The van der Waals surface area contributed by atoms with Crippen LogP contribution in [0.15, 0.2) is 29.3 Å². The molecule has 0 aromatic heterocycles. The van der Waals surface area contributed by atoms with Gasteiger partial charge in [-0.1, -0.05) is 30.8 Å². The predicted molar refractivity (Wildman–Crippen MR) is 93.0 cm³/mol. The number of methoxy groups -OCH3 is 1. The number of ether oxygens (including phenoxy) is 1. The zero-order chi connectivity index (χ0) is 16.8. The number of carbonyl (C=O) groups is 2. The Labute approximate surface area is 140 Å². The summed E-state index contributed by atoms with van der Waals surface area (Å²) in [5.74, 6) is 0.183. The Morgan fingerprint density at radius 1 is 1.48 bits per heavy atom. The molecule has 1 fully saturated rings. The molecule has 6 nitrogen and oxygen atoms in total. The van der Waals surface area contributed by atoms with Gasteiger partial charge < -0.3 is 15.4 Å². The number of nitrogens with one attached hydrogen (secondary N) is 2. The van der Waals surface area contributed by atoms with Crippen LogP contribution in [-0.2, 0) is 9.59 Å². The summed E-state index contributed by atoms with van der Waals surface area (Å²) in [5, 5.41) is 5.65. The first-order valence-electron chi connectivity index (χ1n) is 7.51. The van der Waals surface area contributed by atoms with Crippen LogP contribution in [0.5, 0.6) is 5.75 Å². The molecule has 2 atom stereocenters. The van der Waals surface area contributed by atoms with Crippen LogP contribution in [0.25, 0.3) is 0 Å². The molecule has 0 spiro atoms. The molecule has 1 aliphatic rings. The first-order valence-corrected chi connectivity index (χ1v) is 8.39. The second kappa shape index (κ2) is 8.01. The van der Waals surface area contributed by atoms with E-state index in [2.05, 4.69) is 15.6 Å². The van der Waals surface area contributed by atoms with Gasteiger partial charge in [-0.25, -0.2) is 0 Å². The number of rotatable bonds is 6. The van der Waals surface area contributed by atoms with E-state index in [1.54, 1.807) is 19.2 Å². The molecule has 2 rings (SSSR count). The number of hydrogen-bond donors (Lipinski definition) is 2. The smallest absolute Gasteiger partial charge is 0.240 e. The number of thioether (sulfide) groups is 1. The molecule has 23 heavy (non-hydrogen) atoms. The van der Waals surface area contributed by atoms with Crippen LogP contribution in [0, 0.1) is 0 Å². The topological polar surface area (TPSA) is 79.8 Å². The third-order valence-electron chi connectivity index (χ3n) is 3.46.